The van der Waals surface area contributed by atoms with Gasteiger partial charge in [-0.2, -0.15) is 13.2 Å². The van der Waals surface area contributed by atoms with Crippen LogP contribution in [0.25, 0.3) is 11.8 Å². The fraction of sp³-hybridized carbons (Fsp3) is 0.0667. The van der Waals surface area contributed by atoms with Gasteiger partial charge in [-0.3, -0.25) is 10.1 Å². The molecule has 6 heteroatoms. The van der Waals surface area contributed by atoms with Crippen molar-refractivity contribution in [2.75, 3.05) is 0 Å². The van der Waals surface area contributed by atoms with Crippen LogP contribution in [0.4, 0.5) is 13.2 Å². The smallest absolute Gasteiger partial charge is 0.258 e. The van der Waals surface area contributed by atoms with Crippen molar-refractivity contribution in [1.29, 1.82) is 0 Å². The first-order chi connectivity index (χ1) is 9.89. The largest absolute Gasteiger partial charge is 0.416 e. The van der Waals surface area contributed by atoms with Crippen LogP contribution >= 0.6 is 0 Å². The van der Waals surface area contributed by atoms with Gasteiger partial charge in [0, 0.05) is 6.08 Å². The number of halogens is 3. The van der Waals surface area contributed by atoms with E-state index in [1.807, 2.05) is 0 Å². The molecule has 0 bridgehead atoms. The summed E-state index contributed by atoms with van der Waals surface area (Å²) >= 11 is 0. The number of rotatable bonds is 3. The third-order valence-electron chi connectivity index (χ3n) is 2.82. The predicted octanol–water partition coefficient (Wildman–Crippen LogP) is 4.48. The quantitative estimate of drug-likeness (QED) is 0.475. The van der Waals surface area contributed by atoms with Crippen LogP contribution in [-0.2, 0) is 6.18 Å². The van der Waals surface area contributed by atoms with Crippen molar-refractivity contribution >= 4 is 11.8 Å². The molecule has 0 N–H and O–H groups in total. The zero-order valence-electron chi connectivity index (χ0n) is 10.7. The summed E-state index contributed by atoms with van der Waals surface area (Å²) in [6.45, 7) is 0. The Balaban J connectivity index is 2.58. The van der Waals surface area contributed by atoms with Crippen molar-refractivity contribution in [3.63, 3.8) is 0 Å². The number of benzene rings is 2. The van der Waals surface area contributed by atoms with Gasteiger partial charge >= 0.3 is 6.18 Å². The van der Waals surface area contributed by atoms with Crippen molar-refractivity contribution in [3.8, 4) is 0 Å². The van der Waals surface area contributed by atoms with Gasteiger partial charge in [0.1, 0.15) is 0 Å². The third kappa shape index (κ3) is 3.47. The molecule has 0 radical (unpaired) electrons. The van der Waals surface area contributed by atoms with E-state index in [2.05, 4.69) is 0 Å². The number of nitro groups is 1. The number of hydrogen-bond donors (Lipinski definition) is 0. The van der Waals surface area contributed by atoms with Gasteiger partial charge in [-0.15, -0.1) is 0 Å². The lowest BCUT2D eigenvalue weighted by molar-refractivity contribution is -0.374. The normalized spacial score (nSPS) is 12.2. The summed E-state index contributed by atoms with van der Waals surface area (Å²) in [5, 5.41) is 11.1. The van der Waals surface area contributed by atoms with Crippen LogP contribution in [0.5, 0.6) is 0 Å². The molecule has 0 atom stereocenters. The monoisotopic (exact) mass is 293 g/mol. The highest BCUT2D eigenvalue weighted by atomic mass is 19.4. The van der Waals surface area contributed by atoms with Gasteiger partial charge in [0.2, 0.25) is 0 Å². The van der Waals surface area contributed by atoms with E-state index in [-0.39, 0.29) is 16.8 Å². The van der Waals surface area contributed by atoms with Gasteiger partial charge in [-0.1, -0.05) is 36.4 Å². The van der Waals surface area contributed by atoms with Gasteiger partial charge in [0.05, 0.1) is 16.1 Å². The minimum atomic E-state index is -4.56. The highest BCUT2D eigenvalue weighted by Crippen LogP contribution is 2.33. The summed E-state index contributed by atoms with van der Waals surface area (Å²) in [7, 11) is 0. The second-order valence-corrected chi connectivity index (χ2v) is 4.24. The zero-order valence-corrected chi connectivity index (χ0v) is 10.7. The lowest BCUT2D eigenvalue weighted by atomic mass is 10.0. The fourth-order valence-corrected chi connectivity index (χ4v) is 1.88. The van der Waals surface area contributed by atoms with Crippen LogP contribution in [0, 0.1) is 10.1 Å². The first-order valence-electron chi connectivity index (χ1n) is 5.97. The van der Waals surface area contributed by atoms with Crippen molar-refractivity contribution in [1.82, 2.24) is 0 Å². The summed E-state index contributed by atoms with van der Waals surface area (Å²) in [5.74, 6) is 0. The molecule has 108 valence electrons. The summed E-state index contributed by atoms with van der Waals surface area (Å²) in [6.07, 6.45) is -3.62. The van der Waals surface area contributed by atoms with Gasteiger partial charge in [-0.05, 0) is 23.8 Å². The lowest BCUT2D eigenvalue weighted by Crippen LogP contribution is -2.07. The molecule has 0 aliphatic heterocycles. The van der Waals surface area contributed by atoms with E-state index in [4.69, 9.17) is 0 Å². The van der Waals surface area contributed by atoms with Crippen molar-refractivity contribution in [2.45, 2.75) is 6.18 Å². The zero-order chi connectivity index (χ0) is 15.5. The van der Waals surface area contributed by atoms with Crippen LogP contribution in [0.3, 0.4) is 0 Å². The average molecular weight is 293 g/mol. The predicted molar refractivity (Wildman–Crippen MR) is 72.8 cm³/mol. The highest BCUT2D eigenvalue weighted by Gasteiger charge is 2.33. The van der Waals surface area contributed by atoms with Gasteiger partial charge < -0.3 is 0 Å². The Morgan fingerprint density at radius 1 is 1.00 bits per heavy atom. The molecule has 3 nitrogen and oxygen atoms in total. The van der Waals surface area contributed by atoms with Crippen LogP contribution in [-0.4, -0.2) is 4.92 Å². The molecule has 2 aromatic rings. The molecule has 0 spiro atoms. The minimum Gasteiger partial charge on any atom is -0.258 e. The first-order valence-corrected chi connectivity index (χ1v) is 5.97. The van der Waals surface area contributed by atoms with Crippen LogP contribution in [0.2, 0.25) is 0 Å². The molecule has 0 heterocycles. The van der Waals surface area contributed by atoms with E-state index in [0.717, 1.165) is 12.1 Å². The Bertz CT molecular complexity index is 679. The van der Waals surface area contributed by atoms with Crippen molar-refractivity contribution < 1.29 is 18.1 Å². The maximum atomic E-state index is 12.9. The SMILES string of the molecule is O=[N+]([O-])C(=Cc1ccccc1C(F)(F)F)c1ccccc1. The van der Waals surface area contributed by atoms with E-state index in [1.165, 1.54) is 30.3 Å². The maximum Gasteiger partial charge on any atom is 0.416 e. The molecule has 0 saturated heterocycles. The Labute approximate surface area is 118 Å². The van der Waals surface area contributed by atoms with E-state index in [9.17, 15) is 23.3 Å². The molecular weight excluding hydrogens is 283 g/mol. The van der Waals surface area contributed by atoms with E-state index in [0.29, 0.717) is 0 Å². The van der Waals surface area contributed by atoms with Gasteiger partial charge in [0.15, 0.2) is 0 Å². The summed E-state index contributed by atoms with van der Waals surface area (Å²) in [4.78, 5) is 10.4. The molecule has 21 heavy (non-hydrogen) atoms. The van der Waals surface area contributed by atoms with Crippen LogP contribution in [0.15, 0.2) is 54.6 Å². The fourth-order valence-electron chi connectivity index (χ4n) is 1.88. The Morgan fingerprint density at radius 2 is 1.57 bits per heavy atom. The molecule has 2 rings (SSSR count). The van der Waals surface area contributed by atoms with Crippen LogP contribution in [0.1, 0.15) is 16.7 Å². The van der Waals surface area contributed by atoms with Gasteiger partial charge in [-0.25, -0.2) is 0 Å². The molecule has 0 aromatic heterocycles. The molecule has 2 aromatic carbocycles. The summed E-state index contributed by atoms with van der Waals surface area (Å²) < 4.78 is 38.7. The van der Waals surface area contributed by atoms with Crippen LogP contribution < -0.4 is 0 Å². The number of hydrogen-bond acceptors (Lipinski definition) is 2. The van der Waals surface area contributed by atoms with E-state index >= 15 is 0 Å². The Hall–Kier alpha value is -2.63. The molecular formula is C15H10F3NO2. The standard InChI is InChI=1S/C15H10F3NO2/c16-15(17,18)13-9-5-4-8-12(13)10-14(19(20)21)11-6-2-1-3-7-11/h1-10H. The molecule has 0 amide bonds. The van der Waals surface area contributed by atoms with Gasteiger partial charge in [0.25, 0.3) is 5.70 Å². The average Bonchev–Trinajstić information content (AvgIpc) is 2.44. The maximum absolute atomic E-state index is 12.9. The Morgan fingerprint density at radius 3 is 2.14 bits per heavy atom. The van der Waals surface area contributed by atoms with E-state index < -0.39 is 16.7 Å². The topological polar surface area (TPSA) is 43.1 Å². The minimum absolute atomic E-state index is 0.236. The molecule has 0 fully saturated rings. The Kier molecular flexibility index (Phi) is 4.07. The molecule has 0 unspecified atom stereocenters. The second kappa shape index (κ2) is 5.78. The van der Waals surface area contributed by atoms with Crippen molar-refractivity contribution in [2.24, 2.45) is 0 Å². The second-order valence-electron chi connectivity index (χ2n) is 4.24. The van der Waals surface area contributed by atoms with Crippen molar-refractivity contribution in [3.05, 3.63) is 81.4 Å². The molecule has 0 aliphatic rings. The van der Waals surface area contributed by atoms with E-state index in [1.54, 1.807) is 18.2 Å². The number of alkyl halides is 3. The molecule has 0 aliphatic carbocycles. The first kappa shape index (κ1) is 14.8. The highest BCUT2D eigenvalue weighted by molar-refractivity contribution is 5.77. The molecule has 0 saturated carbocycles. The summed E-state index contributed by atoms with van der Waals surface area (Å²) in [5.41, 5.74) is -1.27. The summed E-state index contributed by atoms with van der Waals surface area (Å²) in [6, 6.07) is 12.5. The number of nitrogens with zero attached hydrogens (tertiary/aromatic N) is 1. The lowest BCUT2D eigenvalue weighted by Gasteiger charge is -2.09. The third-order valence-corrected chi connectivity index (χ3v) is 2.82.